The van der Waals surface area contributed by atoms with Crippen molar-refractivity contribution < 1.29 is 27.6 Å². The van der Waals surface area contributed by atoms with Crippen LogP contribution in [0.25, 0.3) is 0 Å². The molecule has 0 aliphatic carbocycles. The van der Waals surface area contributed by atoms with Crippen LogP contribution < -0.4 is 0 Å². The highest BCUT2D eigenvalue weighted by Gasteiger charge is 2.53. The van der Waals surface area contributed by atoms with E-state index in [1.807, 2.05) is 0 Å². The summed E-state index contributed by atoms with van der Waals surface area (Å²) in [6.45, 7) is 33.8. The number of rotatable bonds is 8. The van der Waals surface area contributed by atoms with E-state index >= 15 is 0 Å². The van der Waals surface area contributed by atoms with Crippen LogP contribution in [0.4, 0.5) is 0 Å². The molecule has 2 aliphatic heterocycles. The van der Waals surface area contributed by atoms with Crippen molar-refractivity contribution in [3.8, 4) is 0 Å². The van der Waals surface area contributed by atoms with E-state index in [9.17, 15) is 9.59 Å². The minimum absolute atomic E-state index is 0.00288. The predicted molar refractivity (Wildman–Crippen MR) is 162 cm³/mol. The summed E-state index contributed by atoms with van der Waals surface area (Å²) in [4.78, 5) is 26.9. The van der Waals surface area contributed by atoms with Gasteiger partial charge >= 0.3 is 0 Å². The average Bonchev–Trinajstić information content (AvgIpc) is 3.03. The maximum atomic E-state index is 12.8. The van der Waals surface area contributed by atoms with Gasteiger partial charge in [0.2, 0.25) is 11.8 Å². The maximum Gasteiger partial charge on any atom is 0.231 e. The van der Waals surface area contributed by atoms with E-state index in [0.29, 0.717) is 13.0 Å². The van der Waals surface area contributed by atoms with Gasteiger partial charge in [0.15, 0.2) is 25.0 Å². The molecule has 0 radical (unpaired) electrons. The molecule has 2 aliphatic rings. The third-order valence-corrected chi connectivity index (χ3v) is 23.3. The van der Waals surface area contributed by atoms with Crippen molar-refractivity contribution in [2.75, 3.05) is 6.61 Å². The van der Waals surface area contributed by atoms with Gasteiger partial charge in [-0.25, -0.2) is 0 Å². The quantitative estimate of drug-likeness (QED) is 0.224. The topological polar surface area (TPSA) is 74.3 Å². The molecule has 2 saturated heterocycles. The SMILES string of the molecule is CC(C)(C)[Si](C)(C)OC[C@H]1O[C@H](N2C(=O)CCC2=O)C[C@@H](O[Si](C)(C)C(C)(C)C)[C@@H]1O[Si](C)(C)C(C)(C)C. The molecule has 222 valence electrons. The number of hydrogen-bond donors (Lipinski definition) is 0. The van der Waals surface area contributed by atoms with Crippen LogP contribution in [0.2, 0.25) is 54.4 Å². The molecule has 0 bridgehead atoms. The van der Waals surface area contributed by atoms with Gasteiger partial charge in [-0.1, -0.05) is 62.3 Å². The van der Waals surface area contributed by atoms with Crippen molar-refractivity contribution >= 4 is 36.8 Å². The molecule has 0 aromatic heterocycles. The number of ether oxygens (including phenoxy) is 1. The fourth-order valence-corrected chi connectivity index (χ4v) is 7.66. The largest absolute Gasteiger partial charge is 0.414 e. The highest BCUT2D eigenvalue weighted by atomic mass is 28.4. The monoisotopic (exact) mass is 587 g/mol. The lowest BCUT2D eigenvalue weighted by Crippen LogP contribution is -2.63. The summed E-state index contributed by atoms with van der Waals surface area (Å²) in [5, 5.41) is 0.0284. The zero-order chi connectivity index (χ0) is 29.7. The number of carbonyl (C=O) groups is 2. The summed E-state index contributed by atoms with van der Waals surface area (Å²) in [5.41, 5.74) is 0. The first-order chi connectivity index (χ1) is 16.8. The Bertz CT molecular complexity index is 853. The fourth-order valence-electron chi connectivity index (χ4n) is 3.97. The number of carbonyl (C=O) groups excluding carboxylic acids is 2. The summed E-state index contributed by atoms with van der Waals surface area (Å²) in [6, 6.07) is 0. The summed E-state index contributed by atoms with van der Waals surface area (Å²) in [7, 11) is -6.54. The zero-order valence-electron chi connectivity index (χ0n) is 27.0. The minimum Gasteiger partial charge on any atom is -0.414 e. The molecule has 0 saturated carbocycles. The zero-order valence-corrected chi connectivity index (χ0v) is 30.0. The second-order valence-electron chi connectivity index (χ2n) is 15.9. The fraction of sp³-hybridized carbons (Fsp3) is 0.929. The first-order valence-electron chi connectivity index (χ1n) is 14.3. The van der Waals surface area contributed by atoms with Crippen molar-refractivity contribution in [3.05, 3.63) is 0 Å². The Hall–Kier alpha value is -0.369. The number of nitrogens with zero attached hydrogens (tertiary/aromatic N) is 1. The predicted octanol–water partition coefficient (Wildman–Crippen LogP) is 7.05. The molecular formula is C28H57NO6Si3. The van der Waals surface area contributed by atoms with E-state index in [1.54, 1.807) is 0 Å². The molecule has 2 fully saturated rings. The van der Waals surface area contributed by atoms with Gasteiger partial charge < -0.3 is 18.0 Å². The van der Waals surface area contributed by atoms with Crippen LogP contribution in [-0.2, 0) is 27.6 Å². The van der Waals surface area contributed by atoms with Crippen LogP contribution in [0.5, 0.6) is 0 Å². The normalized spacial score (nSPS) is 26.9. The van der Waals surface area contributed by atoms with Crippen LogP contribution in [-0.4, -0.2) is 72.8 Å². The third kappa shape index (κ3) is 7.47. The van der Waals surface area contributed by atoms with E-state index in [-0.39, 0.29) is 52.0 Å². The van der Waals surface area contributed by atoms with E-state index in [2.05, 4.69) is 102 Å². The average molecular weight is 588 g/mol. The van der Waals surface area contributed by atoms with Gasteiger partial charge in [0.1, 0.15) is 12.3 Å². The first-order valence-corrected chi connectivity index (χ1v) is 23.0. The Labute approximate surface area is 236 Å². The van der Waals surface area contributed by atoms with Crippen molar-refractivity contribution in [1.82, 2.24) is 4.90 Å². The number of likely N-dealkylation sites (tertiary alicyclic amines) is 1. The second kappa shape index (κ2) is 11.1. The molecule has 0 aromatic rings. The lowest BCUT2D eigenvalue weighted by molar-refractivity contribution is -0.208. The molecule has 2 rings (SSSR count). The van der Waals surface area contributed by atoms with Gasteiger partial charge in [-0.3, -0.25) is 14.5 Å². The lowest BCUT2D eigenvalue weighted by atomic mass is 10.0. The van der Waals surface area contributed by atoms with E-state index in [0.717, 1.165) is 0 Å². The Morgan fingerprint density at radius 2 is 1.16 bits per heavy atom. The maximum absolute atomic E-state index is 12.8. The van der Waals surface area contributed by atoms with Gasteiger partial charge in [0.05, 0.1) is 18.8 Å². The van der Waals surface area contributed by atoms with Crippen LogP contribution in [0.15, 0.2) is 0 Å². The summed E-state index contributed by atoms with van der Waals surface area (Å²) < 4.78 is 27.5. The van der Waals surface area contributed by atoms with Crippen molar-refractivity contribution in [1.29, 1.82) is 0 Å². The molecule has 7 nitrogen and oxygen atoms in total. The standard InChI is InChI=1S/C28H57NO6Si3/c1-26(2,3)36(10,11)32-19-21-25(35-38(14,15)28(7,8)9)20(34-37(12,13)27(4,5)6)18-24(33-21)29-22(30)16-17-23(29)31/h20-21,24-25H,16-19H2,1-15H3/t20-,21-,24+,25+/m1/s1. The van der Waals surface area contributed by atoms with Crippen molar-refractivity contribution in [3.63, 3.8) is 0 Å². The van der Waals surface area contributed by atoms with Crippen LogP contribution in [0.1, 0.15) is 81.6 Å². The van der Waals surface area contributed by atoms with Crippen LogP contribution in [0, 0.1) is 0 Å². The molecular weight excluding hydrogens is 531 g/mol. The van der Waals surface area contributed by atoms with E-state index < -0.39 is 37.3 Å². The highest BCUT2D eigenvalue weighted by molar-refractivity contribution is 6.75. The lowest BCUT2D eigenvalue weighted by Gasteiger charge is -2.51. The van der Waals surface area contributed by atoms with Crippen molar-refractivity contribution in [2.45, 2.75) is 161 Å². The van der Waals surface area contributed by atoms with E-state index in [4.69, 9.17) is 18.0 Å². The molecule has 4 atom stereocenters. The van der Waals surface area contributed by atoms with Gasteiger partial charge in [-0.05, 0) is 54.4 Å². The molecule has 38 heavy (non-hydrogen) atoms. The Balaban J connectivity index is 2.55. The Kier molecular flexibility index (Phi) is 9.91. The minimum atomic E-state index is -2.23. The Morgan fingerprint density at radius 3 is 1.58 bits per heavy atom. The number of amides is 2. The highest BCUT2D eigenvalue weighted by Crippen LogP contribution is 2.44. The molecule has 0 aromatic carbocycles. The van der Waals surface area contributed by atoms with Crippen molar-refractivity contribution in [2.24, 2.45) is 0 Å². The van der Waals surface area contributed by atoms with Gasteiger partial charge in [-0.2, -0.15) is 0 Å². The van der Waals surface area contributed by atoms with Crippen LogP contribution in [0.3, 0.4) is 0 Å². The van der Waals surface area contributed by atoms with Crippen LogP contribution >= 0.6 is 0 Å². The van der Waals surface area contributed by atoms with E-state index in [1.165, 1.54) is 4.90 Å². The summed E-state index contributed by atoms with van der Waals surface area (Å²) in [6.07, 6.45) is -0.882. The number of imide groups is 1. The smallest absolute Gasteiger partial charge is 0.231 e. The van der Waals surface area contributed by atoms with Gasteiger partial charge in [-0.15, -0.1) is 0 Å². The van der Waals surface area contributed by atoms with Gasteiger partial charge in [0, 0.05) is 19.3 Å². The second-order valence-corrected chi connectivity index (χ2v) is 30.2. The third-order valence-electron chi connectivity index (χ3n) is 9.78. The molecule has 2 heterocycles. The Morgan fingerprint density at radius 1 is 0.737 bits per heavy atom. The molecule has 0 unspecified atom stereocenters. The summed E-state index contributed by atoms with van der Waals surface area (Å²) >= 11 is 0. The first kappa shape index (κ1) is 33.8. The molecule has 0 N–H and O–H groups in total. The molecule has 10 heteroatoms. The summed E-state index contributed by atoms with van der Waals surface area (Å²) in [5.74, 6) is -0.335. The molecule has 0 spiro atoms. The van der Waals surface area contributed by atoms with Gasteiger partial charge in [0.25, 0.3) is 0 Å². The number of hydrogen-bond acceptors (Lipinski definition) is 6. The molecule has 2 amide bonds.